The summed E-state index contributed by atoms with van der Waals surface area (Å²) in [5.41, 5.74) is 0. The molecule has 0 aromatic heterocycles. The van der Waals surface area contributed by atoms with Gasteiger partial charge in [0.2, 0.25) is 0 Å². The van der Waals surface area contributed by atoms with Gasteiger partial charge in [-0.15, -0.1) is 0 Å². The van der Waals surface area contributed by atoms with Gasteiger partial charge in [0.1, 0.15) is 0 Å². The summed E-state index contributed by atoms with van der Waals surface area (Å²) in [7, 11) is -12.0. The zero-order valence-corrected chi connectivity index (χ0v) is 9.71. The number of halogens is 8. The molecule has 0 spiro atoms. The number of hydrogen-bond donors (Lipinski definition) is 0. The second-order valence-electron chi connectivity index (χ2n) is 3.05. The van der Waals surface area contributed by atoms with Crippen molar-refractivity contribution >= 4 is 14.5 Å². The smallest absolute Gasteiger partial charge is 0.418 e. The average Bonchev–Trinajstić information content (AvgIpc) is 1.99. The monoisotopic (exact) mass is 274 g/mol. The van der Waals surface area contributed by atoms with E-state index in [4.69, 9.17) is 0 Å². The summed E-state index contributed by atoms with van der Waals surface area (Å²) in [4.78, 5) is 0. The predicted octanol–water partition coefficient (Wildman–Crippen LogP) is 5.58. The quantitative estimate of drug-likeness (QED) is 0.356. The lowest BCUT2D eigenvalue weighted by atomic mass is 10.2. The molecule has 0 saturated carbocycles. The molecular weight excluding hydrogens is 258 g/mol. The molecule has 0 saturated heterocycles. The lowest BCUT2D eigenvalue weighted by molar-refractivity contribution is 0.366. The molecule has 0 aliphatic heterocycles. The number of hydrogen-bond acceptors (Lipinski definition) is 0. The molecule has 108 valence electrons. The number of rotatable bonds is 4. The second kappa shape index (κ2) is 12.0. The van der Waals surface area contributed by atoms with E-state index in [9.17, 15) is 34.5 Å². The van der Waals surface area contributed by atoms with Gasteiger partial charge in [0, 0.05) is 0 Å². The van der Waals surface area contributed by atoms with Crippen molar-refractivity contribution in [3.8, 4) is 0 Å². The summed E-state index contributed by atoms with van der Waals surface area (Å²) in [5.74, 6) is 0. The lowest BCUT2D eigenvalue weighted by Gasteiger charge is -1.94. The summed E-state index contributed by atoms with van der Waals surface area (Å²) in [6.45, 7) is 4.49. The third kappa shape index (κ3) is 225. The average molecular weight is 274 g/mol. The van der Waals surface area contributed by atoms with Crippen molar-refractivity contribution in [3.05, 3.63) is 0 Å². The molecule has 0 aromatic rings. The summed E-state index contributed by atoms with van der Waals surface area (Å²) < 4.78 is 78.0. The van der Waals surface area contributed by atoms with E-state index in [0.717, 1.165) is 0 Å². The van der Waals surface area contributed by atoms with Crippen LogP contribution in [0.25, 0.3) is 0 Å². The van der Waals surface area contributed by atoms with Gasteiger partial charge in [-0.1, -0.05) is 46.0 Å². The highest BCUT2D eigenvalue weighted by Crippen LogP contribution is 2.07. The van der Waals surface area contributed by atoms with Crippen molar-refractivity contribution < 1.29 is 34.5 Å². The van der Waals surface area contributed by atoms with E-state index in [0.29, 0.717) is 0 Å². The first-order chi connectivity index (χ1) is 7.41. The predicted molar refractivity (Wildman–Crippen MR) is 54.8 cm³/mol. The molecule has 17 heavy (non-hydrogen) atoms. The van der Waals surface area contributed by atoms with Crippen molar-refractivity contribution in [1.29, 1.82) is 0 Å². The molecule has 0 radical (unpaired) electrons. The Balaban J connectivity index is -0.000000177. The van der Waals surface area contributed by atoms with E-state index < -0.39 is 14.5 Å². The normalized spacial score (nSPS) is 10.9. The summed E-state index contributed by atoms with van der Waals surface area (Å²) in [6, 6.07) is 0. The van der Waals surface area contributed by atoms with Gasteiger partial charge in [0.25, 0.3) is 0 Å². The van der Waals surface area contributed by atoms with Crippen LogP contribution in [0.15, 0.2) is 0 Å². The Hall–Kier alpha value is -0.430. The molecule has 0 amide bonds. The maximum atomic E-state index is 9.75. The third-order valence-electron chi connectivity index (χ3n) is 1.21. The van der Waals surface area contributed by atoms with Crippen LogP contribution in [0.1, 0.15) is 46.0 Å². The first kappa shape index (κ1) is 21.8. The minimum atomic E-state index is -6.00. The van der Waals surface area contributed by atoms with Crippen LogP contribution >= 0.6 is 0 Å². The van der Waals surface area contributed by atoms with Crippen LogP contribution in [0, 0.1) is 0 Å². The molecular formula is C7H16B2F8-2. The zero-order chi connectivity index (χ0) is 14.5. The highest BCUT2D eigenvalue weighted by molar-refractivity contribution is 6.50. The molecule has 0 N–H and O–H groups in total. The van der Waals surface area contributed by atoms with Gasteiger partial charge in [0.15, 0.2) is 0 Å². The fraction of sp³-hybridized carbons (Fsp3) is 1.00. The summed E-state index contributed by atoms with van der Waals surface area (Å²) in [5, 5.41) is 0. The maximum Gasteiger partial charge on any atom is 0.673 e. The van der Waals surface area contributed by atoms with E-state index >= 15 is 0 Å². The molecule has 0 fully saturated rings. The molecule has 0 nitrogen and oxygen atoms in total. The molecule has 0 atom stereocenters. The summed E-state index contributed by atoms with van der Waals surface area (Å²) >= 11 is 0. The Labute approximate surface area is 96.0 Å². The third-order valence-corrected chi connectivity index (χ3v) is 1.21. The maximum absolute atomic E-state index is 9.75. The van der Waals surface area contributed by atoms with Gasteiger partial charge >= 0.3 is 14.5 Å². The Kier molecular flexibility index (Phi) is 15.4. The molecule has 10 heteroatoms. The fourth-order valence-corrected chi connectivity index (χ4v) is 0.677. The minimum Gasteiger partial charge on any atom is -0.418 e. The second-order valence-corrected chi connectivity index (χ2v) is 3.05. The molecule has 0 aliphatic rings. The first-order valence-corrected chi connectivity index (χ1v) is 5.16. The largest absolute Gasteiger partial charge is 0.673 e. The standard InChI is InChI=1S/C7H16.2BF4/c1-3-5-7-6-4-2;2*2-1(3,4)5/h3-7H2,1-2H3;;/q;2*-1. The van der Waals surface area contributed by atoms with Gasteiger partial charge in [0.05, 0.1) is 0 Å². The van der Waals surface area contributed by atoms with Crippen molar-refractivity contribution in [2.75, 3.05) is 0 Å². The van der Waals surface area contributed by atoms with E-state index in [2.05, 4.69) is 13.8 Å². The molecule has 0 heterocycles. The summed E-state index contributed by atoms with van der Waals surface area (Å²) in [6.07, 6.45) is 7.01. The highest BCUT2D eigenvalue weighted by Gasteiger charge is 2.21. The molecule has 0 bridgehead atoms. The van der Waals surface area contributed by atoms with E-state index in [-0.39, 0.29) is 0 Å². The number of unbranched alkanes of at least 4 members (excludes halogenated alkanes) is 4. The van der Waals surface area contributed by atoms with Crippen molar-refractivity contribution in [2.24, 2.45) is 0 Å². The van der Waals surface area contributed by atoms with Crippen molar-refractivity contribution in [3.63, 3.8) is 0 Å². The Morgan fingerprint density at radius 3 is 0.824 bits per heavy atom. The van der Waals surface area contributed by atoms with Crippen LogP contribution in [0.2, 0.25) is 0 Å². The molecule has 0 rings (SSSR count). The fourth-order valence-electron chi connectivity index (χ4n) is 0.677. The molecule has 0 unspecified atom stereocenters. The van der Waals surface area contributed by atoms with Gasteiger partial charge < -0.3 is 34.5 Å². The zero-order valence-electron chi connectivity index (χ0n) is 9.71. The Morgan fingerprint density at radius 2 is 0.706 bits per heavy atom. The van der Waals surface area contributed by atoms with Crippen LogP contribution in [0.5, 0.6) is 0 Å². The van der Waals surface area contributed by atoms with E-state index in [1.165, 1.54) is 32.1 Å². The first-order valence-electron chi connectivity index (χ1n) is 5.16. The SMILES string of the molecule is CCCCCCC.F[B-](F)(F)F.F[B-](F)(F)F. The van der Waals surface area contributed by atoms with E-state index in [1.54, 1.807) is 0 Å². The lowest BCUT2D eigenvalue weighted by Crippen LogP contribution is -2.02. The van der Waals surface area contributed by atoms with Crippen molar-refractivity contribution in [1.82, 2.24) is 0 Å². The van der Waals surface area contributed by atoms with Crippen LogP contribution in [-0.2, 0) is 0 Å². The van der Waals surface area contributed by atoms with Crippen LogP contribution in [0.3, 0.4) is 0 Å². The van der Waals surface area contributed by atoms with Gasteiger partial charge in [-0.3, -0.25) is 0 Å². The van der Waals surface area contributed by atoms with Gasteiger partial charge in [-0.2, -0.15) is 0 Å². The van der Waals surface area contributed by atoms with Crippen LogP contribution in [0.4, 0.5) is 34.5 Å². The van der Waals surface area contributed by atoms with Crippen LogP contribution < -0.4 is 0 Å². The van der Waals surface area contributed by atoms with E-state index in [1.807, 2.05) is 0 Å². The molecule has 0 aromatic carbocycles. The van der Waals surface area contributed by atoms with Gasteiger partial charge in [-0.25, -0.2) is 0 Å². The Bertz CT molecular complexity index is 116. The Morgan fingerprint density at radius 1 is 0.529 bits per heavy atom. The topological polar surface area (TPSA) is 0 Å². The minimum absolute atomic E-state index is 1.36. The van der Waals surface area contributed by atoms with Gasteiger partial charge in [-0.05, 0) is 0 Å². The highest BCUT2D eigenvalue weighted by atomic mass is 19.5. The van der Waals surface area contributed by atoms with Crippen LogP contribution in [-0.4, -0.2) is 14.5 Å². The molecule has 0 aliphatic carbocycles. The van der Waals surface area contributed by atoms with Crippen molar-refractivity contribution in [2.45, 2.75) is 46.0 Å².